The number of esters is 1. The van der Waals surface area contributed by atoms with E-state index in [1.165, 1.54) is 42.5 Å². The fourth-order valence-corrected chi connectivity index (χ4v) is 11.4. The first-order valence-electron chi connectivity index (χ1n) is 24.6. The lowest BCUT2D eigenvalue weighted by atomic mass is 9.65. The summed E-state index contributed by atoms with van der Waals surface area (Å²) in [5.74, 6) is 3.36. The van der Waals surface area contributed by atoms with Crippen molar-refractivity contribution in [1.29, 1.82) is 0 Å². The number of carbonyl (C=O) groups excluding carboxylic acids is 5. The van der Waals surface area contributed by atoms with Crippen molar-refractivity contribution in [3.05, 3.63) is 195 Å². The highest BCUT2D eigenvalue weighted by Crippen LogP contribution is 2.66. The summed E-state index contributed by atoms with van der Waals surface area (Å²) in [6, 6.07) is 36.3. The van der Waals surface area contributed by atoms with Crippen LogP contribution in [0.15, 0.2) is 146 Å². The van der Waals surface area contributed by atoms with Crippen molar-refractivity contribution in [1.82, 2.24) is 20.0 Å². The summed E-state index contributed by atoms with van der Waals surface area (Å²) in [5.41, 5.74) is 6.73. The Hall–Kier alpha value is -9.25. The number of nitro groups is 1. The first kappa shape index (κ1) is 49.0. The van der Waals surface area contributed by atoms with Crippen LogP contribution in [0.3, 0.4) is 0 Å². The number of morpholine rings is 1. The molecule has 5 amide bonds. The molecule has 3 saturated heterocycles. The number of piperazine rings is 1. The van der Waals surface area contributed by atoms with Crippen LogP contribution in [-0.4, -0.2) is 100 Å². The number of primary amides is 1. The van der Waals surface area contributed by atoms with Gasteiger partial charge in [-0.1, -0.05) is 90.7 Å². The van der Waals surface area contributed by atoms with Crippen LogP contribution in [0.4, 0.5) is 21.0 Å². The van der Waals surface area contributed by atoms with E-state index >= 15 is 14.4 Å². The number of amides is 5. The summed E-state index contributed by atoms with van der Waals surface area (Å²) in [6.45, 7) is 1.41. The van der Waals surface area contributed by atoms with Crippen LogP contribution in [0, 0.1) is 27.9 Å². The van der Waals surface area contributed by atoms with Gasteiger partial charge in [-0.3, -0.25) is 34.3 Å². The maximum atomic E-state index is 16.7. The average molecular weight is 1020 g/mol. The Morgan fingerprint density at radius 2 is 1.47 bits per heavy atom. The van der Waals surface area contributed by atoms with E-state index in [4.69, 9.17) is 24.7 Å². The van der Waals surface area contributed by atoms with E-state index in [0.717, 1.165) is 10.5 Å². The number of imide groups is 1. The van der Waals surface area contributed by atoms with Gasteiger partial charge in [-0.2, -0.15) is 0 Å². The number of phenolic OH excluding ortho intramolecular Hbond substituents is 1. The minimum absolute atomic E-state index is 0.0544. The number of rotatable bonds is 10. The van der Waals surface area contributed by atoms with Gasteiger partial charge in [-0.25, -0.2) is 14.5 Å². The van der Waals surface area contributed by atoms with Crippen molar-refractivity contribution < 1.29 is 52.9 Å². The molecule has 19 heteroatoms. The molecule has 5 heterocycles. The zero-order valence-electron chi connectivity index (χ0n) is 40.7. The molecule has 5 aliphatic rings. The Kier molecular flexibility index (Phi) is 13.0. The Bertz CT molecular complexity index is 3330. The van der Waals surface area contributed by atoms with E-state index < -0.39 is 77.0 Å². The van der Waals surface area contributed by atoms with Gasteiger partial charge >= 0.3 is 18.1 Å². The molecule has 6 aromatic rings. The number of ether oxygens (including phenoxy) is 4. The van der Waals surface area contributed by atoms with Gasteiger partial charge in [0.15, 0.2) is 11.5 Å². The SMILES string of the molecule is NC(=O)NCC#Cc1ccc2c(c1)[C@]1(C(=O)N2C(=O)OCc2ccc([N+](=O)[O-])cc2)[C@H](C(=O)N2CCN(Cc3ccc4c(c3)OCO4)CC2)[C@H]2C(=O)O[C@H](c3ccccc3)[C@H](c3ccccc3)N2[C@@H]1c1ccc(O)cc1. The number of carbonyl (C=O) groups is 5. The standard InChI is InChI=1S/C57H49N7O12/c58-55(69)59-25-7-8-35-15-23-44-43(30-35)57(54(68)62(44)56(70)73-33-36-13-19-41(20-14-36)64(71)72)47(52(66)61-28-26-60(27-29-61)32-37-16-24-45-46(31-37)75-34-74-45)49-53(67)76-50(39-11-5-2-6-12-39)48(38-9-3-1-4-10-38)63(49)51(57)40-17-21-42(65)22-18-40/h1-6,9-24,30-31,47-51,65H,25-29,32-34H2,(H3,58,59,69)/t47-,48-,49-,50+,51+,57-/m0/s1. The number of nitrogens with two attached hydrogens (primary N) is 1. The molecule has 384 valence electrons. The quantitative estimate of drug-likeness (QED) is 0.0583. The molecule has 0 unspecified atom stereocenters. The van der Waals surface area contributed by atoms with Gasteiger partial charge in [0.2, 0.25) is 18.6 Å². The van der Waals surface area contributed by atoms with Crippen LogP contribution < -0.4 is 25.4 Å². The number of nitrogens with zero attached hydrogens (tertiary/aromatic N) is 5. The van der Waals surface area contributed by atoms with Crippen molar-refractivity contribution in [2.75, 3.05) is 44.4 Å². The van der Waals surface area contributed by atoms with Crippen LogP contribution in [0.25, 0.3) is 0 Å². The lowest BCUT2D eigenvalue weighted by Crippen LogP contribution is -2.59. The summed E-state index contributed by atoms with van der Waals surface area (Å²) in [4.78, 5) is 92.7. The zero-order valence-corrected chi connectivity index (χ0v) is 40.7. The van der Waals surface area contributed by atoms with E-state index in [2.05, 4.69) is 22.1 Å². The topological polar surface area (TPSA) is 237 Å². The lowest BCUT2D eigenvalue weighted by molar-refractivity contribution is -0.384. The van der Waals surface area contributed by atoms with Crippen LogP contribution in [0.2, 0.25) is 0 Å². The number of anilines is 1. The van der Waals surface area contributed by atoms with Gasteiger partial charge in [-0.05, 0) is 88.0 Å². The number of fused-ring (bicyclic) bond motifs is 4. The molecule has 0 aliphatic carbocycles. The van der Waals surface area contributed by atoms with Gasteiger partial charge in [-0.15, -0.1) is 0 Å². The van der Waals surface area contributed by atoms with Gasteiger partial charge in [0, 0.05) is 50.4 Å². The highest BCUT2D eigenvalue weighted by atomic mass is 16.7. The summed E-state index contributed by atoms with van der Waals surface area (Å²) < 4.78 is 23.7. The Morgan fingerprint density at radius 1 is 0.789 bits per heavy atom. The predicted octanol–water partition coefficient (Wildman–Crippen LogP) is 6.40. The minimum atomic E-state index is -2.15. The number of cyclic esters (lactones) is 1. The third-order valence-electron chi connectivity index (χ3n) is 14.7. The Balaban J connectivity index is 1.09. The Morgan fingerprint density at radius 3 is 2.17 bits per heavy atom. The molecule has 6 atom stereocenters. The van der Waals surface area contributed by atoms with Gasteiger partial charge in [0.25, 0.3) is 5.69 Å². The second-order valence-corrected chi connectivity index (χ2v) is 19.0. The molecule has 4 N–H and O–H groups in total. The highest BCUT2D eigenvalue weighted by Gasteiger charge is 2.76. The number of aromatic hydroxyl groups is 1. The first-order valence-corrected chi connectivity index (χ1v) is 24.6. The van der Waals surface area contributed by atoms with E-state index in [1.807, 2.05) is 83.8 Å². The normalized spacial score (nSPS) is 22.5. The molecule has 11 rings (SSSR count). The first-order chi connectivity index (χ1) is 36.9. The molecule has 0 saturated carbocycles. The maximum Gasteiger partial charge on any atom is 0.421 e. The van der Waals surface area contributed by atoms with Crippen LogP contribution in [0.5, 0.6) is 17.2 Å². The fourth-order valence-electron chi connectivity index (χ4n) is 11.4. The third kappa shape index (κ3) is 8.82. The van der Waals surface area contributed by atoms with E-state index in [-0.39, 0.29) is 49.1 Å². The molecule has 5 aliphatic heterocycles. The van der Waals surface area contributed by atoms with Crippen molar-refractivity contribution in [3.8, 4) is 29.1 Å². The molecule has 1 spiro atoms. The van der Waals surface area contributed by atoms with E-state index in [9.17, 15) is 24.8 Å². The van der Waals surface area contributed by atoms with Gasteiger partial charge < -0.3 is 40.0 Å². The number of non-ortho nitro benzene ring substituents is 1. The van der Waals surface area contributed by atoms with Crippen LogP contribution in [-0.2, 0) is 42.4 Å². The van der Waals surface area contributed by atoms with Crippen molar-refractivity contribution in [2.24, 2.45) is 11.7 Å². The summed E-state index contributed by atoms with van der Waals surface area (Å²) in [5, 5.41) is 24.7. The van der Waals surface area contributed by atoms with Gasteiger partial charge in [0.05, 0.1) is 35.2 Å². The summed E-state index contributed by atoms with van der Waals surface area (Å²) in [6.07, 6.45) is -2.10. The minimum Gasteiger partial charge on any atom is -0.508 e. The highest BCUT2D eigenvalue weighted by molar-refractivity contribution is 6.23. The molecule has 3 fully saturated rings. The van der Waals surface area contributed by atoms with Gasteiger partial charge in [0.1, 0.15) is 29.9 Å². The number of hydrogen-bond acceptors (Lipinski definition) is 14. The summed E-state index contributed by atoms with van der Waals surface area (Å²) >= 11 is 0. The molecular weight excluding hydrogens is 975 g/mol. The van der Waals surface area contributed by atoms with Crippen LogP contribution >= 0.6 is 0 Å². The Labute approximate surface area is 435 Å². The number of phenols is 1. The van der Waals surface area contributed by atoms with Crippen LogP contribution in [0.1, 0.15) is 57.1 Å². The summed E-state index contributed by atoms with van der Waals surface area (Å²) in [7, 11) is 0. The number of nitrogens with one attached hydrogen (secondary N) is 1. The monoisotopic (exact) mass is 1020 g/mol. The average Bonchev–Trinajstić information content (AvgIpc) is 4.32. The third-order valence-corrected chi connectivity index (χ3v) is 14.7. The smallest absolute Gasteiger partial charge is 0.421 e. The van der Waals surface area contributed by atoms with Crippen molar-refractivity contribution in [3.63, 3.8) is 0 Å². The maximum absolute atomic E-state index is 16.7. The lowest BCUT2D eigenvalue weighted by Gasteiger charge is -2.46. The largest absolute Gasteiger partial charge is 0.508 e. The molecule has 0 radical (unpaired) electrons. The molecule has 76 heavy (non-hydrogen) atoms. The fraction of sp³-hybridized carbons (Fsp3) is 0.246. The van der Waals surface area contributed by atoms with Crippen molar-refractivity contribution in [2.45, 2.75) is 42.8 Å². The number of nitro benzene ring substituents is 1. The molecule has 6 aromatic carbocycles. The van der Waals surface area contributed by atoms with E-state index in [1.54, 1.807) is 29.2 Å². The molecular formula is C57H49N7O12. The second kappa shape index (κ2) is 20.2. The second-order valence-electron chi connectivity index (χ2n) is 19.0. The predicted molar refractivity (Wildman–Crippen MR) is 272 cm³/mol. The van der Waals surface area contributed by atoms with Crippen molar-refractivity contribution >= 4 is 41.3 Å². The number of hydrogen-bond donors (Lipinski definition) is 3. The molecule has 0 aromatic heterocycles. The molecule has 0 bridgehead atoms. The van der Waals surface area contributed by atoms with E-state index in [0.29, 0.717) is 59.0 Å². The number of urea groups is 1. The number of benzene rings is 6. The zero-order chi connectivity index (χ0) is 52.7. The molecule has 19 nitrogen and oxygen atoms in total.